The topological polar surface area (TPSA) is 111 Å². The molecule has 1 saturated heterocycles. The van der Waals surface area contributed by atoms with Crippen molar-refractivity contribution in [3.05, 3.63) is 36.4 Å². The van der Waals surface area contributed by atoms with Gasteiger partial charge in [-0.05, 0) is 37.2 Å². The monoisotopic (exact) mass is 435 g/mol. The quantitative estimate of drug-likeness (QED) is 0.639. The number of nitrogens with one attached hydrogen (secondary N) is 1. The second-order valence-corrected chi connectivity index (χ2v) is 9.13. The van der Waals surface area contributed by atoms with Crippen molar-refractivity contribution in [1.29, 1.82) is 0 Å². The number of aromatic nitrogens is 4. The van der Waals surface area contributed by atoms with Gasteiger partial charge in [-0.1, -0.05) is 6.92 Å². The van der Waals surface area contributed by atoms with Gasteiger partial charge in [-0.25, -0.2) is 4.52 Å². The minimum atomic E-state index is -0.502. The molecule has 168 valence electrons. The molecule has 0 spiro atoms. The Morgan fingerprint density at radius 1 is 1.19 bits per heavy atom. The number of carbonyl (C=O) groups excluding carboxylic acids is 2. The summed E-state index contributed by atoms with van der Waals surface area (Å²) in [7, 11) is 0. The van der Waals surface area contributed by atoms with Crippen molar-refractivity contribution < 1.29 is 9.59 Å². The van der Waals surface area contributed by atoms with E-state index < -0.39 is 5.91 Å². The number of hydrogen-bond donors (Lipinski definition) is 2. The van der Waals surface area contributed by atoms with E-state index in [1.54, 1.807) is 11.4 Å². The summed E-state index contributed by atoms with van der Waals surface area (Å²) in [6, 6.07) is 2.22. The van der Waals surface area contributed by atoms with Gasteiger partial charge < -0.3 is 16.0 Å². The molecule has 9 heteroatoms. The SMILES string of the molecule is CCn1cc(-c2cc3c(N[C@@H]4C[C@@H]5CN(C(C)=O)C[C@@H]5[C@H]4C)c(C(N)=O)cnn3c2)cn1. The second-order valence-electron chi connectivity index (χ2n) is 9.13. The standard InChI is InChI=1S/C23H29N7O2/c1-4-29-10-17(7-25-29)15-6-21-22(18(23(24)32)8-26-30(21)11-15)27-20-5-16-9-28(14(3)31)12-19(16)13(20)2/h6-8,10-11,13,16,19-20,27H,4-5,9,12H2,1-3H3,(H2,24,32)/t13-,16-,19-,20-/m1/s1. The van der Waals surface area contributed by atoms with Gasteiger partial charge in [-0.3, -0.25) is 14.3 Å². The lowest BCUT2D eigenvalue weighted by atomic mass is 9.93. The minimum Gasteiger partial charge on any atom is -0.380 e. The second kappa shape index (κ2) is 7.65. The van der Waals surface area contributed by atoms with Crippen molar-refractivity contribution in [1.82, 2.24) is 24.3 Å². The van der Waals surface area contributed by atoms with Gasteiger partial charge in [0.1, 0.15) is 0 Å². The summed E-state index contributed by atoms with van der Waals surface area (Å²) < 4.78 is 3.66. The average molecular weight is 436 g/mol. The Hall–Kier alpha value is -3.36. The van der Waals surface area contributed by atoms with Crippen LogP contribution in [0.15, 0.2) is 30.9 Å². The first-order valence-electron chi connectivity index (χ1n) is 11.2. The van der Waals surface area contributed by atoms with E-state index in [0.717, 1.165) is 48.4 Å². The zero-order chi connectivity index (χ0) is 22.6. The third-order valence-electron chi connectivity index (χ3n) is 7.33. The van der Waals surface area contributed by atoms with Gasteiger partial charge >= 0.3 is 0 Å². The van der Waals surface area contributed by atoms with E-state index in [2.05, 4.69) is 22.4 Å². The van der Waals surface area contributed by atoms with E-state index in [-0.39, 0.29) is 11.9 Å². The maximum Gasteiger partial charge on any atom is 0.252 e. The summed E-state index contributed by atoms with van der Waals surface area (Å²) in [6.07, 6.45) is 8.27. The molecule has 2 aliphatic rings. The Labute approximate surface area is 186 Å². The lowest BCUT2D eigenvalue weighted by molar-refractivity contribution is -0.128. The van der Waals surface area contributed by atoms with Crippen LogP contribution in [0.2, 0.25) is 0 Å². The van der Waals surface area contributed by atoms with Crippen LogP contribution in [-0.2, 0) is 11.3 Å². The molecule has 3 aromatic rings. The van der Waals surface area contributed by atoms with Crippen molar-refractivity contribution >= 4 is 23.0 Å². The molecule has 4 atom stereocenters. The molecule has 0 radical (unpaired) electrons. The smallest absolute Gasteiger partial charge is 0.252 e. The van der Waals surface area contributed by atoms with Crippen molar-refractivity contribution in [3.8, 4) is 11.1 Å². The van der Waals surface area contributed by atoms with E-state index in [1.807, 2.05) is 41.2 Å². The molecule has 0 unspecified atom stereocenters. The Morgan fingerprint density at radius 3 is 2.66 bits per heavy atom. The number of primary amides is 1. The molecule has 0 aromatic carbocycles. The van der Waals surface area contributed by atoms with Crippen LogP contribution in [0, 0.1) is 17.8 Å². The fourth-order valence-electron chi connectivity index (χ4n) is 5.45. The number of carbonyl (C=O) groups is 2. The van der Waals surface area contributed by atoms with Crippen molar-refractivity contribution in [2.75, 3.05) is 18.4 Å². The summed E-state index contributed by atoms with van der Waals surface area (Å²) in [5, 5.41) is 12.4. The summed E-state index contributed by atoms with van der Waals surface area (Å²) in [5.41, 5.74) is 9.62. The van der Waals surface area contributed by atoms with Gasteiger partial charge in [0.05, 0.1) is 29.2 Å². The van der Waals surface area contributed by atoms with E-state index in [1.165, 1.54) is 6.20 Å². The normalized spacial score (nSPS) is 24.8. The van der Waals surface area contributed by atoms with Gasteiger partial charge in [0.2, 0.25) is 5.91 Å². The van der Waals surface area contributed by atoms with Crippen LogP contribution < -0.4 is 11.1 Å². The molecular formula is C23H29N7O2. The molecule has 1 aliphatic carbocycles. The molecule has 0 bridgehead atoms. The predicted molar refractivity (Wildman–Crippen MR) is 121 cm³/mol. The van der Waals surface area contributed by atoms with Gasteiger partial charge in [0.15, 0.2) is 0 Å². The van der Waals surface area contributed by atoms with Gasteiger partial charge in [-0.2, -0.15) is 10.2 Å². The van der Waals surface area contributed by atoms with Crippen LogP contribution in [-0.4, -0.2) is 55.2 Å². The molecule has 3 N–H and O–H groups in total. The summed E-state index contributed by atoms with van der Waals surface area (Å²) in [4.78, 5) is 26.0. The number of nitrogens with zero attached hydrogens (tertiary/aromatic N) is 5. The maximum atomic E-state index is 12.2. The highest BCUT2D eigenvalue weighted by atomic mass is 16.2. The van der Waals surface area contributed by atoms with Crippen LogP contribution >= 0.6 is 0 Å². The van der Waals surface area contributed by atoms with Crippen LogP contribution in [0.25, 0.3) is 16.6 Å². The first-order chi connectivity index (χ1) is 15.4. The van der Waals surface area contributed by atoms with E-state index in [4.69, 9.17) is 5.73 Å². The highest BCUT2D eigenvalue weighted by molar-refractivity contribution is 6.02. The number of anilines is 1. The molecule has 1 saturated carbocycles. The Balaban J connectivity index is 1.48. The van der Waals surface area contributed by atoms with Crippen molar-refractivity contribution in [2.24, 2.45) is 23.5 Å². The first-order valence-corrected chi connectivity index (χ1v) is 11.2. The lowest BCUT2D eigenvalue weighted by Crippen LogP contribution is -2.33. The summed E-state index contributed by atoms with van der Waals surface area (Å²) >= 11 is 0. The fraction of sp³-hybridized carbons (Fsp3) is 0.478. The Bertz CT molecular complexity index is 1200. The zero-order valence-electron chi connectivity index (χ0n) is 18.7. The van der Waals surface area contributed by atoms with Gasteiger partial charge in [0, 0.05) is 56.1 Å². The highest BCUT2D eigenvalue weighted by Gasteiger charge is 2.46. The molecule has 4 heterocycles. The molecule has 3 aromatic heterocycles. The number of likely N-dealkylation sites (tertiary alicyclic amines) is 1. The average Bonchev–Trinajstić information content (AvgIpc) is 3.52. The maximum absolute atomic E-state index is 12.2. The zero-order valence-corrected chi connectivity index (χ0v) is 18.7. The highest BCUT2D eigenvalue weighted by Crippen LogP contribution is 2.44. The molecular weight excluding hydrogens is 406 g/mol. The Morgan fingerprint density at radius 2 is 2.00 bits per heavy atom. The number of fused-ring (bicyclic) bond motifs is 2. The van der Waals surface area contributed by atoms with E-state index in [0.29, 0.717) is 23.3 Å². The number of nitrogens with two attached hydrogens (primary N) is 1. The lowest BCUT2D eigenvalue weighted by Gasteiger charge is -2.25. The van der Waals surface area contributed by atoms with Crippen molar-refractivity contribution in [3.63, 3.8) is 0 Å². The van der Waals surface area contributed by atoms with Crippen LogP contribution in [0.1, 0.15) is 37.6 Å². The number of amides is 2. The Kier molecular flexibility index (Phi) is 4.91. The molecule has 5 rings (SSSR count). The summed E-state index contributed by atoms with van der Waals surface area (Å²) in [6.45, 7) is 8.34. The predicted octanol–water partition coefficient (Wildman–Crippen LogP) is 2.23. The summed E-state index contributed by atoms with van der Waals surface area (Å²) in [5.74, 6) is 0.959. The number of aryl methyl sites for hydroxylation is 1. The molecule has 2 fully saturated rings. The van der Waals surface area contributed by atoms with Gasteiger partial charge in [0.25, 0.3) is 5.91 Å². The molecule has 32 heavy (non-hydrogen) atoms. The number of hydrogen-bond acceptors (Lipinski definition) is 5. The van der Waals surface area contributed by atoms with Crippen molar-refractivity contribution in [2.45, 2.75) is 39.8 Å². The van der Waals surface area contributed by atoms with Crippen LogP contribution in [0.5, 0.6) is 0 Å². The third kappa shape index (κ3) is 3.32. The molecule has 1 aliphatic heterocycles. The molecule has 2 amide bonds. The minimum absolute atomic E-state index is 0.148. The van der Waals surface area contributed by atoms with Gasteiger partial charge in [-0.15, -0.1) is 0 Å². The van der Waals surface area contributed by atoms with E-state index >= 15 is 0 Å². The number of rotatable bonds is 5. The molecule has 9 nitrogen and oxygen atoms in total. The van der Waals surface area contributed by atoms with E-state index in [9.17, 15) is 9.59 Å². The third-order valence-corrected chi connectivity index (χ3v) is 7.33. The van der Waals surface area contributed by atoms with Crippen LogP contribution in [0.3, 0.4) is 0 Å². The van der Waals surface area contributed by atoms with Crippen LogP contribution in [0.4, 0.5) is 5.69 Å². The largest absolute Gasteiger partial charge is 0.380 e. The fourth-order valence-corrected chi connectivity index (χ4v) is 5.45. The first kappa shape index (κ1) is 20.5.